The van der Waals surface area contributed by atoms with Crippen LogP contribution in [0, 0.1) is 33.1 Å². The van der Waals surface area contributed by atoms with Gasteiger partial charge in [0.1, 0.15) is 5.41 Å². The van der Waals surface area contributed by atoms with Gasteiger partial charge in [-0.1, -0.05) is 24.3 Å². The Bertz CT molecular complexity index is 905. The molecule has 0 aromatic heterocycles. The van der Waals surface area contributed by atoms with Crippen molar-refractivity contribution in [3.8, 4) is 0 Å². The summed E-state index contributed by atoms with van der Waals surface area (Å²) in [5.74, 6) is 0.0563. The fourth-order valence-corrected chi connectivity index (χ4v) is 4.26. The van der Waals surface area contributed by atoms with Crippen LogP contribution in [0.4, 0.5) is 0 Å². The molecular formula is C21H20O2. The van der Waals surface area contributed by atoms with Crippen LogP contribution < -0.4 is 0 Å². The van der Waals surface area contributed by atoms with Gasteiger partial charge in [0.05, 0.1) is 0 Å². The Balaban J connectivity index is 1.90. The maximum absolute atomic E-state index is 13.2. The minimum Gasteiger partial charge on any atom is -0.293 e. The lowest BCUT2D eigenvalue weighted by molar-refractivity contribution is 0.0705. The number of hydrogen-bond donors (Lipinski definition) is 0. The summed E-state index contributed by atoms with van der Waals surface area (Å²) in [5, 5.41) is 0. The Morgan fingerprint density at radius 3 is 2.17 bits per heavy atom. The molecule has 23 heavy (non-hydrogen) atoms. The third-order valence-corrected chi connectivity index (χ3v) is 6.00. The molecule has 2 aliphatic rings. The van der Waals surface area contributed by atoms with Gasteiger partial charge in [0.25, 0.3) is 0 Å². The molecule has 0 radical (unpaired) electrons. The third-order valence-electron chi connectivity index (χ3n) is 6.00. The molecule has 0 heterocycles. The van der Waals surface area contributed by atoms with Crippen LogP contribution in [0.15, 0.2) is 24.3 Å². The van der Waals surface area contributed by atoms with E-state index in [0.29, 0.717) is 12.8 Å². The first-order valence-electron chi connectivity index (χ1n) is 8.14. The Morgan fingerprint density at radius 2 is 1.43 bits per heavy atom. The van der Waals surface area contributed by atoms with Gasteiger partial charge >= 0.3 is 0 Å². The summed E-state index contributed by atoms with van der Waals surface area (Å²) in [5.41, 5.74) is 7.25. The number of aryl methyl sites for hydroxylation is 2. The van der Waals surface area contributed by atoms with Gasteiger partial charge < -0.3 is 0 Å². The predicted molar refractivity (Wildman–Crippen MR) is 90.3 cm³/mol. The van der Waals surface area contributed by atoms with Gasteiger partial charge in [-0.25, -0.2) is 0 Å². The van der Waals surface area contributed by atoms with Gasteiger partial charge in [-0.2, -0.15) is 0 Å². The molecule has 2 heteroatoms. The average Bonchev–Trinajstić information content (AvgIpc) is 2.97. The largest absolute Gasteiger partial charge is 0.293 e. The molecule has 0 bridgehead atoms. The first-order valence-corrected chi connectivity index (χ1v) is 8.14. The maximum atomic E-state index is 13.2. The summed E-state index contributed by atoms with van der Waals surface area (Å²) >= 11 is 0. The Kier molecular flexibility index (Phi) is 2.76. The van der Waals surface area contributed by atoms with Crippen LogP contribution in [-0.4, -0.2) is 11.6 Å². The van der Waals surface area contributed by atoms with Crippen LogP contribution in [0.25, 0.3) is 0 Å². The number of carbonyl (C=O) groups excluding carboxylic acids is 2. The van der Waals surface area contributed by atoms with E-state index in [-0.39, 0.29) is 11.6 Å². The lowest BCUT2D eigenvalue weighted by Crippen LogP contribution is -2.34. The second-order valence-electron chi connectivity index (χ2n) is 7.17. The Morgan fingerprint density at radius 1 is 0.783 bits per heavy atom. The fourth-order valence-electron chi connectivity index (χ4n) is 4.26. The van der Waals surface area contributed by atoms with Crippen molar-refractivity contribution in [2.45, 2.75) is 40.5 Å². The van der Waals surface area contributed by atoms with Crippen molar-refractivity contribution in [2.75, 3.05) is 0 Å². The molecule has 2 aromatic rings. The molecule has 2 aliphatic carbocycles. The van der Waals surface area contributed by atoms with Crippen molar-refractivity contribution >= 4 is 11.6 Å². The van der Waals surface area contributed by atoms with Crippen molar-refractivity contribution in [1.29, 1.82) is 0 Å². The van der Waals surface area contributed by atoms with E-state index in [1.54, 1.807) is 0 Å². The molecule has 0 aliphatic heterocycles. The molecule has 0 saturated carbocycles. The molecule has 116 valence electrons. The first kappa shape index (κ1) is 14.4. The second-order valence-corrected chi connectivity index (χ2v) is 7.17. The van der Waals surface area contributed by atoms with Crippen LogP contribution in [0.5, 0.6) is 0 Å². The van der Waals surface area contributed by atoms with E-state index >= 15 is 0 Å². The zero-order chi connectivity index (χ0) is 16.5. The number of Topliss-reactive ketones (excluding diaryl/α,β-unsaturated/α-hetero) is 2. The topological polar surface area (TPSA) is 34.1 Å². The van der Waals surface area contributed by atoms with Crippen LogP contribution in [0.2, 0.25) is 0 Å². The molecule has 1 unspecified atom stereocenters. The van der Waals surface area contributed by atoms with E-state index in [2.05, 4.69) is 19.9 Å². The minimum absolute atomic E-state index is 0.0221. The molecule has 2 nitrogen and oxygen atoms in total. The summed E-state index contributed by atoms with van der Waals surface area (Å²) in [6, 6.07) is 7.98. The molecule has 4 rings (SSSR count). The predicted octanol–water partition coefficient (Wildman–Crippen LogP) is 4.08. The second kappa shape index (κ2) is 4.41. The van der Waals surface area contributed by atoms with Gasteiger partial charge in [0, 0.05) is 11.1 Å². The van der Waals surface area contributed by atoms with Crippen molar-refractivity contribution in [2.24, 2.45) is 5.41 Å². The summed E-state index contributed by atoms with van der Waals surface area (Å²) in [4.78, 5) is 26.4. The van der Waals surface area contributed by atoms with Crippen LogP contribution >= 0.6 is 0 Å². The molecule has 2 aromatic carbocycles. The minimum atomic E-state index is -0.887. The molecule has 0 amide bonds. The molecule has 0 N–H and O–H groups in total. The number of rotatable bonds is 0. The van der Waals surface area contributed by atoms with Crippen molar-refractivity contribution in [3.63, 3.8) is 0 Å². The normalized spacial score (nSPS) is 21.9. The Hall–Kier alpha value is -2.22. The van der Waals surface area contributed by atoms with Crippen LogP contribution in [0.3, 0.4) is 0 Å². The van der Waals surface area contributed by atoms with E-state index < -0.39 is 5.41 Å². The number of hydrogen-bond acceptors (Lipinski definition) is 2. The highest BCUT2D eigenvalue weighted by atomic mass is 16.2. The van der Waals surface area contributed by atoms with Gasteiger partial charge in [0.15, 0.2) is 11.6 Å². The zero-order valence-corrected chi connectivity index (χ0v) is 14.0. The van der Waals surface area contributed by atoms with Crippen LogP contribution in [0.1, 0.15) is 54.1 Å². The number of fused-ring (bicyclic) bond motifs is 2. The molecule has 0 saturated heterocycles. The lowest BCUT2D eigenvalue weighted by Gasteiger charge is -2.18. The van der Waals surface area contributed by atoms with Gasteiger partial charge in [-0.15, -0.1) is 0 Å². The summed E-state index contributed by atoms with van der Waals surface area (Å²) in [6.07, 6.45) is 1.11. The smallest absolute Gasteiger partial charge is 0.177 e. The van der Waals surface area contributed by atoms with Gasteiger partial charge in [-0.3, -0.25) is 9.59 Å². The fraction of sp³-hybridized carbons (Fsp3) is 0.333. The van der Waals surface area contributed by atoms with E-state index in [0.717, 1.165) is 38.9 Å². The van der Waals surface area contributed by atoms with Gasteiger partial charge in [0.2, 0.25) is 0 Å². The SMILES string of the molecule is Cc1ccc2c(c1C)CC1(Cc3ccc(C)c(C)c3C1=O)C2=O. The molecule has 1 atom stereocenters. The summed E-state index contributed by atoms with van der Waals surface area (Å²) in [7, 11) is 0. The molecule has 1 spiro atoms. The average molecular weight is 304 g/mol. The first-order chi connectivity index (χ1) is 10.9. The maximum Gasteiger partial charge on any atom is 0.177 e. The number of ketones is 2. The summed E-state index contributed by atoms with van der Waals surface area (Å²) < 4.78 is 0. The molecular weight excluding hydrogens is 284 g/mol. The monoisotopic (exact) mass is 304 g/mol. The highest BCUT2D eigenvalue weighted by Crippen LogP contribution is 2.49. The van der Waals surface area contributed by atoms with Crippen molar-refractivity contribution in [1.82, 2.24) is 0 Å². The lowest BCUT2D eigenvalue weighted by atomic mass is 9.79. The van der Waals surface area contributed by atoms with E-state index in [1.165, 1.54) is 5.56 Å². The van der Waals surface area contributed by atoms with E-state index in [1.807, 2.05) is 32.0 Å². The van der Waals surface area contributed by atoms with Gasteiger partial charge in [-0.05, 0) is 73.9 Å². The molecule has 0 fully saturated rings. The Labute approximate surface area is 136 Å². The van der Waals surface area contributed by atoms with Crippen LogP contribution in [-0.2, 0) is 12.8 Å². The quantitative estimate of drug-likeness (QED) is 0.687. The van der Waals surface area contributed by atoms with Crippen molar-refractivity contribution in [3.05, 3.63) is 68.8 Å². The number of carbonyl (C=O) groups is 2. The highest BCUT2D eigenvalue weighted by molar-refractivity contribution is 6.25. The van der Waals surface area contributed by atoms with E-state index in [9.17, 15) is 9.59 Å². The van der Waals surface area contributed by atoms with E-state index in [4.69, 9.17) is 0 Å². The third kappa shape index (κ3) is 1.64. The standard InChI is InChI=1S/C21H20O2/c1-11-6-8-16-17(13(11)3)10-21(19(16)22)9-15-7-5-12(2)14(4)18(15)20(21)23/h5-8H,9-10H2,1-4H3. The summed E-state index contributed by atoms with van der Waals surface area (Å²) in [6.45, 7) is 8.13. The zero-order valence-electron chi connectivity index (χ0n) is 14.0. The number of benzene rings is 2. The van der Waals surface area contributed by atoms with Crippen molar-refractivity contribution < 1.29 is 9.59 Å². The highest BCUT2D eigenvalue weighted by Gasteiger charge is 2.56.